The zero-order chi connectivity index (χ0) is 31.5. The predicted molar refractivity (Wildman–Crippen MR) is 180 cm³/mol. The fourth-order valence-electron chi connectivity index (χ4n) is 5.32. The molecule has 0 spiro atoms. The van der Waals surface area contributed by atoms with E-state index in [4.69, 9.17) is 0 Å². The van der Waals surface area contributed by atoms with Crippen LogP contribution in [0.15, 0.2) is 0 Å². The standard InChI is InChI=1S/2C18H36O3.Pb.2H/c2*1-2-3-4-11-14-17(19)15-12-9-7-5-6-8-10-13-16-18(20)21;;;/h2*17,19H,2-16H2,1H3,(H,20,21);;;/q;;+2;;/p-2. The first kappa shape index (κ1) is 47.2. The Kier molecular flexibility index (Phi) is 43.7. The molecule has 2 atom stereocenters. The minimum atomic E-state index is -0.928. The number of aliphatic hydroxyl groups is 2. The summed E-state index contributed by atoms with van der Waals surface area (Å²) in [5.74, 6) is -1.86. The zero-order valence-corrected chi connectivity index (χ0v) is 34.1. The van der Waals surface area contributed by atoms with Gasteiger partial charge < -0.3 is 30.0 Å². The summed E-state index contributed by atoms with van der Waals surface area (Å²) in [4.78, 5) is 20.5. The summed E-state index contributed by atoms with van der Waals surface area (Å²) < 4.78 is 0. The van der Waals surface area contributed by atoms with Gasteiger partial charge in [-0.2, -0.15) is 0 Å². The molecule has 0 rings (SSSR count). The van der Waals surface area contributed by atoms with Gasteiger partial charge in [-0.15, -0.1) is 0 Å². The molecule has 0 aromatic rings. The van der Waals surface area contributed by atoms with Gasteiger partial charge in [0.1, 0.15) is 0 Å². The number of aliphatic carboxylic acids is 2. The molecule has 7 heteroatoms. The first-order chi connectivity index (χ1) is 20.3. The molecule has 0 aliphatic heterocycles. The van der Waals surface area contributed by atoms with E-state index in [9.17, 15) is 30.0 Å². The Morgan fingerprint density at radius 3 is 0.860 bits per heavy atom. The quantitative estimate of drug-likeness (QED) is 0.0557. The zero-order valence-electron chi connectivity index (χ0n) is 28.6. The number of rotatable bonds is 32. The van der Waals surface area contributed by atoms with E-state index >= 15 is 0 Å². The molecule has 2 N–H and O–H groups in total. The maximum absolute atomic E-state index is 10.2. The van der Waals surface area contributed by atoms with E-state index in [1.165, 1.54) is 103 Å². The van der Waals surface area contributed by atoms with Crippen LogP contribution in [-0.4, -0.2) is 61.7 Å². The first-order valence-corrected chi connectivity index (χ1v) is 18.1. The number of carboxylic acid groups (broad SMARTS) is 2. The molecule has 0 saturated carbocycles. The van der Waals surface area contributed by atoms with Crippen molar-refractivity contribution in [3.8, 4) is 0 Å². The third-order valence-electron chi connectivity index (χ3n) is 8.12. The van der Waals surface area contributed by atoms with E-state index < -0.39 is 11.9 Å². The Labute approximate surface area is 286 Å². The van der Waals surface area contributed by atoms with Crippen LogP contribution >= 0.6 is 0 Å². The van der Waals surface area contributed by atoms with Gasteiger partial charge in [0.25, 0.3) is 0 Å². The van der Waals surface area contributed by atoms with Gasteiger partial charge in [0, 0.05) is 11.9 Å². The molecule has 6 nitrogen and oxygen atoms in total. The average molecular weight is 808 g/mol. The van der Waals surface area contributed by atoms with Crippen LogP contribution in [0.4, 0.5) is 0 Å². The second kappa shape index (κ2) is 39.8. The van der Waals surface area contributed by atoms with Crippen molar-refractivity contribution < 1.29 is 30.0 Å². The van der Waals surface area contributed by atoms with Crippen LogP contribution < -0.4 is 10.2 Å². The van der Waals surface area contributed by atoms with E-state index in [2.05, 4.69) is 13.8 Å². The van der Waals surface area contributed by atoms with Gasteiger partial charge in [-0.25, -0.2) is 0 Å². The Morgan fingerprint density at radius 2 is 0.628 bits per heavy atom. The van der Waals surface area contributed by atoms with Crippen molar-refractivity contribution in [3.63, 3.8) is 0 Å². The fraction of sp³-hybridized carbons (Fsp3) is 0.944. The number of hydrogen-bond acceptors (Lipinski definition) is 6. The second-order valence-corrected chi connectivity index (χ2v) is 12.5. The SMILES string of the molecule is CCCCCCC(O)CCCCCCCCCCC(=O)[O-].CCCCCCC(O)CCCCCCCCCCC(=O)[O-].[PbH2+2]. The monoisotopic (exact) mass is 809 g/mol. The third-order valence-corrected chi connectivity index (χ3v) is 8.12. The molecular weight excluding hydrogens is 736 g/mol. The molecule has 2 unspecified atom stereocenters. The molecule has 0 aromatic carbocycles. The summed E-state index contributed by atoms with van der Waals surface area (Å²) in [7, 11) is 0. The van der Waals surface area contributed by atoms with Crippen LogP contribution in [0.3, 0.4) is 0 Å². The summed E-state index contributed by atoms with van der Waals surface area (Å²) in [5, 5.41) is 40.1. The van der Waals surface area contributed by atoms with Gasteiger partial charge >= 0.3 is 27.3 Å². The van der Waals surface area contributed by atoms with Gasteiger partial charge in [0.2, 0.25) is 0 Å². The van der Waals surface area contributed by atoms with Gasteiger partial charge in [0.05, 0.1) is 12.2 Å². The number of hydrogen-bond donors (Lipinski definition) is 2. The Hall–Kier alpha value is -0.218. The van der Waals surface area contributed by atoms with Crippen molar-refractivity contribution in [1.29, 1.82) is 0 Å². The van der Waals surface area contributed by atoms with Crippen LogP contribution in [0, 0.1) is 0 Å². The van der Waals surface area contributed by atoms with E-state index in [0.717, 1.165) is 77.0 Å². The Bertz CT molecular complexity index is 512. The number of carboxylic acids is 2. The second-order valence-electron chi connectivity index (χ2n) is 12.5. The Balaban J connectivity index is -0.000000727. The molecule has 0 aliphatic rings. The molecule has 0 saturated heterocycles. The van der Waals surface area contributed by atoms with E-state index in [1.807, 2.05) is 0 Å². The van der Waals surface area contributed by atoms with Crippen LogP contribution in [-0.2, 0) is 9.59 Å². The van der Waals surface area contributed by atoms with Crippen LogP contribution in [0.25, 0.3) is 0 Å². The molecular formula is C36H72O6Pb. The number of unbranched alkanes of at least 4 members (excludes halogenated alkanes) is 20. The topological polar surface area (TPSA) is 121 Å². The van der Waals surface area contributed by atoms with Crippen molar-refractivity contribution >= 4 is 39.2 Å². The predicted octanol–water partition coefficient (Wildman–Crippen LogP) is 7.02. The normalized spacial score (nSPS) is 12.2. The summed E-state index contributed by atoms with van der Waals surface area (Å²) in [6, 6.07) is 0. The van der Waals surface area contributed by atoms with Crippen molar-refractivity contribution in [2.75, 3.05) is 0 Å². The number of carbonyl (C=O) groups is 2. The van der Waals surface area contributed by atoms with Crippen LogP contribution in [0.2, 0.25) is 0 Å². The van der Waals surface area contributed by atoms with Gasteiger partial charge in [-0.3, -0.25) is 0 Å². The van der Waals surface area contributed by atoms with Crippen molar-refractivity contribution in [1.82, 2.24) is 0 Å². The van der Waals surface area contributed by atoms with Crippen molar-refractivity contribution in [2.45, 2.75) is 219 Å². The summed E-state index contributed by atoms with van der Waals surface area (Å²) in [6.07, 6.45) is 31.8. The summed E-state index contributed by atoms with van der Waals surface area (Å²) >= 11 is 0. The molecule has 0 fully saturated rings. The average Bonchev–Trinajstić information content (AvgIpc) is 2.95. The van der Waals surface area contributed by atoms with E-state index in [1.54, 1.807) is 0 Å². The Morgan fingerprint density at radius 1 is 0.419 bits per heavy atom. The maximum atomic E-state index is 10.2. The van der Waals surface area contributed by atoms with Gasteiger partial charge in [-0.05, 0) is 51.4 Å². The van der Waals surface area contributed by atoms with E-state index in [-0.39, 0.29) is 52.3 Å². The van der Waals surface area contributed by atoms with E-state index in [0.29, 0.717) is 0 Å². The fourth-order valence-corrected chi connectivity index (χ4v) is 5.32. The molecule has 0 bridgehead atoms. The number of aliphatic hydroxyl groups excluding tert-OH is 2. The molecule has 43 heavy (non-hydrogen) atoms. The van der Waals surface area contributed by atoms with Gasteiger partial charge in [0.15, 0.2) is 0 Å². The first-order valence-electron chi connectivity index (χ1n) is 18.1. The van der Waals surface area contributed by atoms with Crippen molar-refractivity contribution in [3.05, 3.63) is 0 Å². The molecule has 0 radical (unpaired) electrons. The molecule has 0 aromatic heterocycles. The van der Waals surface area contributed by atoms with Crippen molar-refractivity contribution in [2.24, 2.45) is 0 Å². The number of carbonyl (C=O) groups excluding carboxylic acids is 2. The molecule has 0 heterocycles. The molecule has 0 amide bonds. The molecule has 0 aliphatic carbocycles. The van der Waals surface area contributed by atoms with Crippen LogP contribution in [0.5, 0.6) is 0 Å². The third kappa shape index (κ3) is 46.3. The summed E-state index contributed by atoms with van der Waals surface area (Å²) in [6.45, 7) is 4.42. The molecule has 256 valence electrons. The van der Waals surface area contributed by atoms with Crippen LogP contribution in [0.1, 0.15) is 206 Å². The minimum absolute atomic E-state index is 0. The summed E-state index contributed by atoms with van der Waals surface area (Å²) in [5.41, 5.74) is 0. The van der Waals surface area contributed by atoms with Gasteiger partial charge in [-0.1, -0.05) is 155 Å².